The number of nitrogens with zero attached hydrogens (tertiary/aromatic N) is 5. The van der Waals surface area contributed by atoms with Gasteiger partial charge in [0.15, 0.2) is 5.82 Å². The zero-order valence-electron chi connectivity index (χ0n) is 20.2. The zero-order chi connectivity index (χ0) is 25.5. The number of tetrazole rings is 1. The quantitative estimate of drug-likeness (QED) is 0.276. The van der Waals surface area contributed by atoms with Gasteiger partial charge in [0.1, 0.15) is 0 Å². The summed E-state index contributed by atoms with van der Waals surface area (Å²) >= 11 is 0. The van der Waals surface area contributed by atoms with Crippen LogP contribution < -0.4 is 5.48 Å². The molecule has 36 heavy (non-hydrogen) atoms. The van der Waals surface area contributed by atoms with Crippen molar-refractivity contribution < 1.29 is 14.8 Å². The SMILES string of the molecule is CC(C)c1ccc(C(=O)N(Cc2ccc(C(=O)NO)cc2)Cc2nnnn2Cc2ccccc2)cc1. The van der Waals surface area contributed by atoms with Gasteiger partial charge in [0.25, 0.3) is 11.8 Å². The summed E-state index contributed by atoms with van der Waals surface area (Å²) in [4.78, 5) is 26.9. The molecule has 4 rings (SSSR count). The smallest absolute Gasteiger partial charge is 0.274 e. The molecule has 9 heteroatoms. The largest absolute Gasteiger partial charge is 0.327 e. The highest BCUT2D eigenvalue weighted by Crippen LogP contribution is 2.18. The number of carbonyl (C=O) groups excluding carboxylic acids is 2. The Kier molecular flexibility index (Phi) is 7.82. The van der Waals surface area contributed by atoms with Gasteiger partial charge in [-0.05, 0) is 57.3 Å². The lowest BCUT2D eigenvalue weighted by atomic mass is 10.0. The van der Waals surface area contributed by atoms with Gasteiger partial charge in [-0.25, -0.2) is 10.2 Å². The number of carbonyl (C=O) groups is 2. The fraction of sp³-hybridized carbons (Fsp3) is 0.222. The molecule has 0 unspecified atom stereocenters. The molecule has 0 spiro atoms. The predicted octanol–water partition coefficient (Wildman–Crippen LogP) is 3.81. The van der Waals surface area contributed by atoms with Gasteiger partial charge in [-0.15, -0.1) is 5.10 Å². The molecule has 3 aromatic carbocycles. The summed E-state index contributed by atoms with van der Waals surface area (Å²) in [5, 5.41) is 21.0. The van der Waals surface area contributed by atoms with Crippen molar-refractivity contribution in [3.05, 3.63) is 113 Å². The minimum atomic E-state index is -0.597. The van der Waals surface area contributed by atoms with E-state index in [2.05, 4.69) is 29.4 Å². The second-order valence-electron chi connectivity index (χ2n) is 8.81. The van der Waals surface area contributed by atoms with E-state index in [-0.39, 0.29) is 19.0 Å². The first-order chi connectivity index (χ1) is 17.4. The highest BCUT2D eigenvalue weighted by Gasteiger charge is 2.20. The van der Waals surface area contributed by atoms with Crippen molar-refractivity contribution in [1.82, 2.24) is 30.6 Å². The molecule has 0 bridgehead atoms. The van der Waals surface area contributed by atoms with Crippen LogP contribution >= 0.6 is 0 Å². The Balaban J connectivity index is 1.60. The van der Waals surface area contributed by atoms with E-state index in [1.165, 1.54) is 0 Å². The van der Waals surface area contributed by atoms with Crippen LogP contribution in [-0.2, 0) is 19.6 Å². The van der Waals surface area contributed by atoms with E-state index in [9.17, 15) is 9.59 Å². The van der Waals surface area contributed by atoms with Crippen LogP contribution in [0.3, 0.4) is 0 Å². The van der Waals surface area contributed by atoms with Gasteiger partial charge in [-0.3, -0.25) is 14.8 Å². The molecule has 2 amide bonds. The van der Waals surface area contributed by atoms with Gasteiger partial charge in [0, 0.05) is 17.7 Å². The minimum absolute atomic E-state index is 0.156. The number of amides is 2. The van der Waals surface area contributed by atoms with Crippen LogP contribution in [0.15, 0.2) is 78.9 Å². The zero-order valence-corrected chi connectivity index (χ0v) is 20.2. The van der Waals surface area contributed by atoms with Gasteiger partial charge in [-0.2, -0.15) is 0 Å². The van der Waals surface area contributed by atoms with Gasteiger partial charge in [0.2, 0.25) is 0 Å². The van der Waals surface area contributed by atoms with E-state index in [0.717, 1.165) is 16.7 Å². The number of aromatic nitrogens is 4. The van der Waals surface area contributed by atoms with E-state index >= 15 is 0 Å². The normalized spacial score (nSPS) is 10.9. The summed E-state index contributed by atoms with van der Waals surface area (Å²) in [6.45, 7) is 5.18. The molecule has 0 aliphatic carbocycles. The highest BCUT2D eigenvalue weighted by molar-refractivity contribution is 5.94. The number of hydrogen-bond donors (Lipinski definition) is 2. The van der Waals surface area contributed by atoms with E-state index in [0.29, 0.717) is 29.4 Å². The number of rotatable bonds is 9. The van der Waals surface area contributed by atoms with Crippen molar-refractivity contribution in [3.8, 4) is 0 Å². The number of hydrogen-bond acceptors (Lipinski definition) is 6. The lowest BCUT2D eigenvalue weighted by Gasteiger charge is -2.23. The average Bonchev–Trinajstić information content (AvgIpc) is 3.34. The van der Waals surface area contributed by atoms with Crippen molar-refractivity contribution in [2.45, 2.75) is 39.4 Å². The topological polar surface area (TPSA) is 113 Å². The molecule has 1 heterocycles. The van der Waals surface area contributed by atoms with Crippen molar-refractivity contribution in [2.24, 2.45) is 0 Å². The Hall–Kier alpha value is -4.37. The Labute approximate surface area is 209 Å². The molecule has 184 valence electrons. The van der Waals surface area contributed by atoms with Crippen LogP contribution in [0.4, 0.5) is 0 Å². The lowest BCUT2D eigenvalue weighted by Crippen LogP contribution is -2.31. The van der Waals surface area contributed by atoms with Gasteiger partial charge in [-0.1, -0.05) is 68.4 Å². The fourth-order valence-electron chi connectivity index (χ4n) is 3.83. The average molecular weight is 485 g/mol. The Morgan fingerprint density at radius 1 is 0.889 bits per heavy atom. The van der Waals surface area contributed by atoms with Crippen molar-refractivity contribution in [3.63, 3.8) is 0 Å². The summed E-state index contributed by atoms with van der Waals surface area (Å²) in [5.74, 6) is 0.168. The van der Waals surface area contributed by atoms with Crippen LogP contribution in [0.1, 0.15) is 63.0 Å². The maximum Gasteiger partial charge on any atom is 0.274 e. The van der Waals surface area contributed by atoms with Crippen LogP contribution in [-0.4, -0.2) is 42.1 Å². The first-order valence-electron chi connectivity index (χ1n) is 11.7. The summed E-state index contributed by atoms with van der Waals surface area (Å²) < 4.78 is 1.69. The molecular weight excluding hydrogens is 456 g/mol. The third-order valence-electron chi connectivity index (χ3n) is 5.92. The van der Waals surface area contributed by atoms with Crippen molar-refractivity contribution in [1.29, 1.82) is 0 Å². The number of benzene rings is 3. The van der Waals surface area contributed by atoms with E-state index in [1.54, 1.807) is 39.3 Å². The molecule has 0 saturated carbocycles. The molecule has 0 aliphatic heterocycles. The number of hydroxylamine groups is 1. The van der Waals surface area contributed by atoms with E-state index in [1.807, 2.05) is 54.6 Å². The third kappa shape index (κ3) is 6.00. The summed E-state index contributed by atoms with van der Waals surface area (Å²) in [7, 11) is 0. The molecule has 1 aromatic heterocycles. The van der Waals surface area contributed by atoms with Crippen LogP contribution in [0.25, 0.3) is 0 Å². The first-order valence-corrected chi connectivity index (χ1v) is 11.7. The number of nitrogens with one attached hydrogen (secondary N) is 1. The Morgan fingerprint density at radius 2 is 1.56 bits per heavy atom. The fourth-order valence-corrected chi connectivity index (χ4v) is 3.83. The molecular formula is C27H28N6O3. The third-order valence-corrected chi connectivity index (χ3v) is 5.92. The monoisotopic (exact) mass is 484 g/mol. The molecule has 2 N–H and O–H groups in total. The molecule has 0 aliphatic rings. The summed E-state index contributed by atoms with van der Waals surface area (Å²) in [6.07, 6.45) is 0. The van der Waals surface area contributed by atoms with E-state index < -0.39 is 5.91 Å². The maximum absolute atomic E-state index is 13.6. The predicted molar refractivity (Wildman–Crippen MR) is 133 cm³/mol. The lowest BCUT2D eigenvalue weighted by molar-refractivity contribution is 0.0703. The second kappa shape index (κ2) is 11.4. The molecule has 9 nitrogen and oxygen atoms in total. The molecule has 0 saturated heterocycles. The van der Waals surface area contributed by atoms with Crippen molar-refractivity contribution >= 4 is 11.8 Å². The molecule has 0 fully saturated rings. The maximum atomic E-state index is 13.6. The van der Waals surface area contributed by atoms with Gasteiger partial charge >= 0.3 is 0 Å². The second-order valence-corrected chi connectivity index (χ2v) is 8.81. The van der Waals surface area contributed by atoms with Crippen molar-refractivity contribution in [2.75, 3.05) is 0 Å². The minimum Gasteiger partial charge on any atom is -0.327 e. The van der Waals surface area contributed by atoms with E-state index in [4.69, 9.17) is 5.21 Å². The van der Waals surface area contributed by atoms with Gasteiger partial charge in [0.05, 0.1) is 13.1 Å². The van der Waals surface area contributed by atoms with Gasteiger partial charge < -0.3 is 4.90 Å². The molecule has 0 atom stereocenters. The first kappa shape index (κ1) is 24.7. The van der Waals surface area contributed by atoms with Crippen LogP contribution in [0.2, 0.25) is 0 Å². The van der Waals surface area contributed by atoms with Crippen LogP contribution in [0, 0.1) is 0 Å². The Morgan fingerprint density at radius 3 is 2.19 bits per heavy atom. The highest BCUT2D eigenvalue weighted by atomic mass is 16.5. The Bertz CT molecular complexity index is 1300. The molecule has 4 aromatic rings. The molecule has 0 radical (unpaired) electrons. The van der Waals surface area contributed by atoms with Crippen LogP contribution in [0.5, 0.6) is 0 Å². The summed E-state index contributed by atoms with van der Waals surface area (Å²) in [5.41, 5.74) is 5.52. The summed E-state index contributed by atoms with van der Waals surface area (Å²) in [6, 6.07) is 24.2. The standard InChI is InChI=1S/C27H28N6O3/c1-19(2)22-12-14-24(15-13-22)27(35)32(16-21-8-10-23(11-9-21)26(34)29-36)18-25-28-30-31-33(25)17-20-6-4-3-5-7-20/h3-15,19,36H,16-18H2,1-2H3,(H,29,34).